The number of para-hydroxylation sites is 1. The molecule has 1 N–H and O–H groups in total. The Balaban J connectivity index is 1.76. The molecule has 1 aromatic rings. The Kier molecular flexibility index (Phi) is 5.20. The highest BCUT2D eigenvalue weighted by Crippen LogP contribution is 2.21. The number of nitrogens with one attached hydrogen (secondary N) is 1. The molecule has 0 atom stereocenters. The maximum atomic E-state index is 11.8. The van der Waals surface area contributed by atoms with E-state index >= 15 is 0 Å². The summed E-state index contributed by atoms with van der Waals surface area (Å²) in [4.78, 5) is 14.2. The van der Waals surface area contributed by atoms with Crippen molar-refractivity contribution in [2.75, 3.05) is 25.0 Å². The zero-order valence-corrected chi connectivity index (χ0v) is 12.1. The number of carbonyl (C=O) groups is 1. The molecule has 0 aromatic heterocycles. The van der Waals surface area contributed by atoms with E-state index in [0.29, 0.717) is 6.42 Å². The van der Waals surface area contributed by atoms with Gasteiger partial charge in [0.1, 0.15) is 0 Å². The van der Waals surface area contributed by atoms with Gasteiger partial charge in [0.05, 0.1) is 5.69 Å². The van der Waals surface area contributed by atoms with Crippen LogP contribution < -0.4 is 5.32 Å². The second kappa shape index (κ2) is 6.90. The first-order valence-corrected chi connectivity index (χ1v) is 7.32. The average Bonchev–Trinajstić information content (AvgIpc) is 2.40. The van der Waals surface area contributed by atoms with Crippen molar-refractivity contribution in [3.8, 4) is 0 Å². The summed E-state index contributed by atoms with van der Waals surface area (Å²) >= 11 is 3.43. The summed E-state index contributed by atoms with van der Waals surface area (Å²) in [7, 11) is 0. The fraction of sp³-hybridized carbons (Fsp3) is 0.500. The van der Waals surface area contributed by atoms with E-state index in [1.807, 2.05) is 24.3 Å². The minimum Gasteiger partial charge on any atom is -0.325 e. The molecule has 1 fully saturated rings. The zero-order valence-electron chi connectivity index (χ0n) is 10.5. The third kappa shape index (κ3) is 4.10. The lowest BCUT2D eigenvalue weighted by molar-refractivity contribution is -0.116. The summed E-state index contributed by atoms with van der Waals surface area (Å²) in [6.07, 6.45) is 4.44. The Morgan fingerprint density at radius 2 is 1.94 bits per heavy atom. The summed E-state index contributed by atoms with van der Waals surface area (Å²) in [5, 5.41) is 2.94. The van der Waals surface area contributed by atoms with Gasteiger partial charge in [-0.15, -0.1) is 0 Å². The molecule has 2 rings (SSSR count). The number of amides is 1. The lowest BCUT2D eigenvalue weighted by atomic mass is 10.1. The van der Waals surface area contributed by atoms with Crippen LogP contribution in [0.15, 0.2) is 28.7 Å². The third-order valence-corrected chi connectivity index (χ3v) is 3.94. The monoisotopic (exact) mass is 310 g/mol. The summed E-state index contributed by atoms with van der Waals surface area (Å²) in [5.74, 6) is 0.0903. The van der Waals surface area contributed by atoms with Crippen LogP contribution in [0.5, 0.6) is 0 Å². The van der Waals surface area contributed by atoms with Gasteiger partial charge < -0.3 is 10.2 Å². The van der Waals surface area contributed by atoms with Gasteiger partial charge in [-0.3, -0.25) is 4.79 Å². The number of hydrogen-bond acceptors (Lipinski definition) is 2. The maximum absolute atomic E-state index is 11.8. The molecule has 1 heterocycles. The van der Waals surface area contributed by atoms with Crippen molar-refractivity contribution in [1.29, 1.82) is 0 Å². The van der Waals surface area contributed by atoms with E-state index in [0.717, 1.165) is 29.8 Å². The van der Waals surface area contributed by atoms with Gasteiger partial charge in [0, 0.05) is 17.4 Å². The first-order chi connectivity index (χ1) is 8.75. The summed E-state index contributed by atoms with van der Waals surface area (Å²) in [6.45, 7) is 3.15. The van der Waals surface area contributed by atoms with Crippen LogP contribution in [-0.4, -0.2) is 30.4 Å². The van der Waals surface area contributed by atoms with Crippen LogP contribution >= 0.6 is 15.9 Å². The third-order valence-electron chi connectivity index (χ3n) is 3.25. The van der Waals surface area contributed by atoms with Crippen molar-refractivity contribution < 1.29 is 4.79 Å². The van der Waals surface area contributed by atoms with E-state index in [-0.39, 0.29) is 5.91 Å². The topological polar surface area (TPSA) is 32.3 Å². The minimum atomic E-state index is 0.0903. The molecule has 0 aliphatic carbocycles. The molecule has 98 valence electrons. The molecule has 0 spiro atoms. The first kappa shape index (κ1) is 13.6. The summed E-state index contributed by atoms with van der Waals surface area (Å²) < 4.78 is 0.927. The Hall–Kier alpha value is -0.870. The molecular formula is C14H19BrN2O. The number of benzene rings is 1. The van der Waals surface area contributed by atoms with Crippen molar-refractivity contribution in [2.45, 2.75) is 25.7 Å². The second-order valence-corrected chi connectivity index (χ2v) is 5.53. The van der Waals surface area contributed by atoms with Gasteiger partial charge >= 0.3 is 0 Å². The number of piperidine rings is 1. The van der Waals surface area contributed by atoms with Crippen LogP contribution in [0.4, 0.5) is 5.69 Å². The quantitative estimate of drug-likeness (QED) is 0.925. The molecule has 1 saturated heterocycles. The lowest BCUT2D eigenvalue weighted by Gasteiger charge is -2.25. The Morgan fingerprint density at radius 1 is 1.22 bits per heavy atom. The van der Waals surface area contributed by atoms with E-state index in [9.17, 15) is 4.79 Å². The number of halogens is 1. The van der Waals surface area contributed by atoms with Gasteiger partial charge in [-0.25, -0.2) is 0 Å². The molecule has 1 aromatic carbocycles. The first-order valence-electron chi connectivity index (χ1n) is 6.52. The van der Waals surface area contributed by atoms with Crippen LogP contribution in [-0.2, 0) is 4.79 Å². The van der Waals surface area contributed by atoms with Gasteiger partial charge in [0.25, 0.3) is 0 Å². The molecule has 1 amide bonds. The second-order valence-electron chi connectivity index (χ2n) is 4.68. The summed E-state index contributed by atoms with van der Waals surface area (Å²) in [6, 6.07) is 7.70. The molecule has 1 aliphatic heterocycles. The molecule has 0 radical (unpaired) electrons. The fourth-order valence-electron chi connectivity index (χ4n) is 2.22. The Bertz CT molecular complexity index is 403. The zero-order chi connectivity index (χ0) is 12.8. The van der Waals surface area contributed by atoms with Crippen molar-refractivity contribution in [2.24, 2.45) is 0 Å². The average molecular weight is 311 g/mol. The maximum Gasteiger partial charge on any atom is 0.225 e. The van der Waals surface area contributed by atoms with Crippen LogP contribution in [0.3, 0.4) is 0 Å². The molecule has 0 saturated carbocycles. The van der Waals surface area contributed by atoms with Gasteiger partial charge in [0.2, 0.25) is 5.91 Å². The predicted molar refractivity (Wildman–Crippen MR) is 77.7 cm³/mol. The van der Waals surface area contributed by atoms with Gasteiger partial charge in [-0.2, -0.15) is 0 Å². The van der Waals surface area contributed by atoms with E-state index in [1.165, 1.54) is 19.3 Å². The van der Waals surface area contributed by atoms with E-state index in [1.54, 1.807) is 0 Å². The highest BCUT2D eigenvalue weighted by Gasteiger charge is 2.12. The van der Waals surface area contributed by atoms with E-state index in [4.69, 9.17) is 0 Å². The molecule has 0 bridgehead atoms. The Morgan fingerprint density at radius 3 is 2.67 bits per heavy atom. The molecule has 1 aliphatic rings. The van der Waals surface area contributed by atoms with Crippen LogP contribution in [0.25, 0.3) is 0 Å². The predicted octanol–water partition coefficient (Wildman–Crippen LogP) is 3.26. The molecule has 4 heteroatoms. The smallest absolute Gasteiger partial charge is 0.225 e. The van der Waals surface area contributed by atoms with Crippen LogP contribution in [0, 0.1) is 0 Å². The Labute approximate surface area is 117 Å². The normalized spacial score (nSPS) is 16.5. The number of carbonyl (C=O) groups excluding carboxylic acids is 1. The molecule has 18 heavy (non-hydrogen) atoms. The van der Waals surface area contributed by atoms with E-state index in [2.05, 4.69) is 26.1 Å². The largest absolute Gasteiger partial charge is 0.325 e. The standard InChI is InChI=1S/C14H19BrN2O/c15-12-6-2-3-7-13(12)16-14(18)8-11-17-9-4-1-5-10-17/h2-3,6-7H,1,4-5,8-11H2,(H,16,18). The van der Waals surface area contributed by atoms with Crippen molar-refractivity contribution >= 4 is 27.5 Å². The van der Waals surface area contributed by atoms with Gasteiger partial charge in [0.15, 0.2) is 0 Å². The molecule has 0 unspecified atom stereocenters. The van der Waals surface area contributed by atoms with Crippen LogP contribution in [0.1, 0.15) is 25.7 Å². The fourth-order valence-corrected chi connectivity index (χ4v) is 2.60. The highest BCUT2D eigenvalue weighted by atomic mass is 79.9. The molecular weight excluding hydrogens is 292 g/mol. The number of nitrogens with zero attached hydrogens (tertiary/aromatic N) is 1. The summed E-state index contributed by atoms with van der Waals surface area (Å²) in [5.41, 5.74) is 0.848. The lowest BCUT2D eigenvalue weighted by Crippen LogP contribution is -2.32. The number of anilines is 1. The minimum absolute atomic E-state index is 0.0903. The number of rotatable bonds is 4. The van der Waals surface area contributed by atoms with Crippen LogP contribution in [0.2, 0.25) is 0 Å². The number of hydrogen-bond donors (Lipinski definition) is 1. The van der Waals surface area contributed by atoms with Crippen molar-refractivity contribution in [3.63, 3.8) is 0 Å². The van der Waals surface area contributed by atoms with Crippen molar-refractivity contribution in [3.05, 3.63) is 28.7 Å². The van der Waals surface area contributed by atoms with E-state index < -0.39 is 0 Å². The number of likely N-dealkylation sites (tertiary alicyclic amines) is 1. The van der Waals surface area contributed by atoms with Gasteiger partial charge in [-0.05, 0) is 54.0 Å². The van der Waals surface area contributed by atoms with Crippen molar-refractivity contribution in [1.82, 2.24) is 4.90 Å². The SMILES string of the molecule is O=C(CCN1CCCCC1)Nc1ccccc1Br. The van der Waals surface area contributed by atoms with Gasteiger partial charge in [-0.1, -0.05) is 18.6 Å². The molecule has 3 nitrogen and oxygen atoms in total. The highest BCUT2D eigenvalue weighted by molar-refractivity contribution is 9.10.